The van der Waals surface area contributed by atoms with Crippen LogP contribution < -0.4 is 5.32 Å². The van der Waals surface area contributed by atoms with Crippen molar-refractivity contribution < 1.29 is 13.2 Å². The molecular weight excluding hydrogens is 215 g/mol. The second-order valence-electron chi connectivity index (χ2n) is 3.49. The zero-order chi connectivity index (χ0) is 12.2. The summed E-state index contributed by atoms with van der Waals surface area (Å²) < 4.78 is 37.0. The average Bonchev–Trinajstić information content (AvgIpc) is 2.25. The number of hydrogen-bond acceptors (Lipinski definition) is 1. The second kappa shape index (κ2) is 5.16. The van der Waals surface area contributed by atoms with Gasteiger partial charge in [0.15, 0.2) is 0 Å². The van der Waals surface area contributed by atoms with E-state index in [1.54, 1.807) is 13.1 Å². The molecule has 0 fully saturated rings. The van der Waals surface area contributed by atoms with Crippen molar-refractivity contribution >= 4 is 0 Å². The Kier molecular flexibility index (Phi) is 4.12. The SMILES string of the molecule is C=CCC(NC)c1ccc(C(F)(F)F)cc1. The maximum Gasteiger partial charge on any atom is 0.416 e. The van der Waals surface area contributed by atoms with Crippen molar-refractivity contribution in [3.05, 3.63) is 48.0 Å². The molecule has 0 bridgehead atoms. The molecule has 0 aliphatic carbocycles. The molecular formula is C12H14F3N. The quantitative estimate of drug-likeness (QED) is 0.778. The van der Waals surface area contributed by atoms with Crippen LogP contribution in [0.15, 0.2) is 36.9 Å². The Morgan fingerprint density at radius 2 is 1.88 bits per heavy atom. The van der Waals surface area contributed by atoms with Gasteiger partial charge < -0.3 is 5.32 Å². The summed E-state index contributed by atoms with van der Waals surface area (Å²) in [5.74, 6) is 0. The monoisotopic (exact) mass is 229 g/mol. The van der Waals surface area contributed by atoms with Gasteiger partial charge in [-0.05, 0) is 31.2 Å². The summed E-state index contributed by atoms with van der Waals surface area (Å²) in [7, 11) is 1.77. The van der Waals surface area contributed by atoms with Gasteiger partial charge in [0, 0.05) is 6.04 Å². The van der Waals surface area contributed by atoms with Crippen molar-refractivity contribution in [3.8, 4) is 0 Å². The first kappa shape index (κ1) is 12.8. The predicted molar refractivity (Wildman–Crippen MR) is 58.1 cm³/mol. The van der Waals surface area contributed by atoms with Crippen molar-refractivity contribution in [2.45, 2.75) is 18.6 Å². The molecule has 1 unspecified atom stereocenters. The van der Waals surface area contributed by atoms with Crippen LogP contribution in [0, 0.1) is 0 Å². The fourth-order valence-electron chi connectivity index (χ4n) is 1.49. The van der Waals surface area contributed by atoms with Gasteiger partial charge in [0.1, 0.15) is 0 Å². The standard InChI is InChI=1S/C12H14F3N/c1-3-4-11(16-2)9-5-7-10(8-6-9)12(13,14)15/h3,5-8,11,16H,1,4H2,2H3. The van der Waals surface area contributed by atoms with E-state index in [1.165, 1.54) is 12.1 Å². The maximum atomic E-state index is 12.3. The molecule has 0 radical (unpaired) electrons. The highest BCUT2D eigenvalue weighted by Crippen LogP contribution is 2.30. The lowest BCUT2D eigenvalue weighted by Gasteiger charge is -2.15. The van der Waals surface area contributed by atoms with E-state index in [4.69, 9.17) is 0 Å². The summed E-state index contributed by atoms with van der Waals surface area (Å²) in [6.07, 6.45) is -1.85. The Bertz CT molecular complexity index is 340. The van der Waals surface area contributed by atoms with Gasteiger partial charge in [0.25, 0.3) is 0 Å². The number of nitrogens with one attached hydrogen (secondary N) is 1. The van der Waals surface area contributed by atoms with Gasteiger partial charge in [-0.1, -0.05) is 18.2 Å². The van der Waals surface area contributed by atoms with E-state index in [0.717, 1.165) is 17.7 Å². The largest absolute Gasteiger partial charge is 0.416 e. The first-order valence-electron chi connectivity index (χ1n) is 4.94. The van der Waals surface area contributed by atoms with Gasteiger partial charge in [0.2, 0.25) is 0 Å². The van der Waals surface area contributed by atoms with Crippen LogP contribution in [-0.2, 0) is 6.18 Å². The topological polar surface area (TPSA) is 12.0 Å². The summed E-state index contributed by atoms with van der Waals surface area (Å²) in [5.41, 5.74) is 0.208. The predicted octanol–water partition coefficient (Wildman–Crippen LogP) is 3.54. The van der Waals surface area contributed by atoms with Crippen LogP contribution in [0.1, 0.15) is 23.6 Å². The summed E-state index contributed by atoms with van der Waals surface area (Å²) in [5, 5.41) is 3.02. The molecule has 1 atom stereocenters. The zero-order valence-electron chi connectivity index (χ0n) is 9.01. The minimum atomic E-state index is -4.27. The molecule has 0 saturated heterocycles. The lowest BCUT2D eigenvalue weighted by Crippen LogP contribution is -2.15. The van der Waals surface area contributed by atoms with E-state index in [0.29, 0.717) is 6.42 Å². The fraction of sp³-hybridized carbons (Fsp3) is 0.333. The summed E-state index contributed by atoms with van der Waals surface area (Å²) in [4.78, 5) is 0. The van der Waals surface area contributed by atoms with Crippen molar-refractivity contribution in [3.63, 3.8) is 0 Å². The maximum absolute atomic E-state index is 12.3. The van der Waals surface area contributed by atoms with Gasteiger partial charge in [-0.25, -0.2) is 0 Å². The normalized spacial score (nSPS) is 13.5. The molecule has 0 spiro atoms. The van der Waals surface area contributed by atoms with E-state index >= 15 is 0 Å². The Hall–Kier alpha value is -1.29. The first-order valence-corrected chi connectivity index (χ1v) is 4.94. The van der Waals surface area contributed by atoms with E-state index in [-0.39, 0.29) is 6.04 Å². The third-order valence-corrected chi connectivity index (χ3v) is 2.39. The highest BCUT2D eigenvalue weighted by atomic mass is 19.4. The summed E-state index contributed by atoms with van der Waals surface area (Å²) in [6, 6.07) is 5.20. The molecule has 0 saturated carbocycles. The molecule has 1 aromatic rings. The van der Waals surface area contributed by atoms with Gasteiger partial charge in [-0.2, -0.15) is 13.2 Å². The molecule has 16 heavy (non-hydrogen) atoms. The van der Waals surface area contributed by atoms with E-state index in [9.17, 15) is 13.2 Å². The Morgan fingerprint density at radius 3 is 2.25 bits per heavy atom. The molecule has 4 heteroatoms. The van der Waals surface area contributed by atoms with Gasteiger partial charge in [-0.3, -0.25) is 0 Å². The van der Waals surface area contributed by atoms with Gasteiger partial charge in [0.05, 0.1) is 5.56 Å². The third-order valence-electron chi connectivity index (χ3n) is 2.39. The van der Waals surface area contributed by atoms with Crippen LogP contribution in [0.25, 0.3) is 0 Å². The van der Waals surface area contributed by atoms with Crippen LogP contribution in [0.5, 0.6) is 0 Å². The summed E-state index contributed by atoms with van der Waals surface area (Å²) in [6.45, 7) is 3.61. The third kappa shape index (κ3) is 3.10. The minimum absolute atomic E-state index is 0.0137. The van der Waals surface area contributed by atoms with Crippen LogP contribution >= 0.6 is 0 Å². The highest BCUT2D eigenvalue weighted by Gasteiger charge is 2.30. The van der Waals surface area contributed by atoms with E-state index in [2.05, 4.69) is 11.9 Å². The van der Waals surface area contributed by atoms with Gasteiger partial charge in [-0.15, -0.1) is 6.58 Å². The molecule has 88 valence electrons. The number of hydrogen-bond donors (Lipinski definition) is 1. The Morgan fingerprint density at radius 1 is 1.31 bits per heavy atom. The molecule has 0 amide bonds. The first-order chi connectivity index (χ1) is 7.49. The molecule has 0 aromatic heterocycles. The van der Waals surface area contributed by atoms with Crippen LogP contribution in [0.3, 0.4) is 0 Å². The molecule has 1 nitrogen and oxygen atoms in total. The summed E-state index contributed by atoms with van der Waals surface area (Å²) >= 11 is 0. The number of halogens is 3. The number of benzene rings is 1. The molecule has 1 rings (SSSR count). The van der Waals surface area contributed by atoms with Crippen molar-refractivity contribution in [2.24, 2.45) is 0 Å². The number of rotatable bonds is 4. The van der Waals surface area contributed by atoms with E-state index < -0.39 is 11.7 Å². The smallest absolute Gasteiger partial charge is 0.313 e. The minimum Gasteiger partial charge on any atom is -0.313 e. The highest BCUT2D eigenvalue weighted by molar-refractivity contribution is 5.27. The van der Waals surface area contributed by atoms with Crippen LogP contribution in [0.2, 0.25) is 0 Å². The second-order valence-corrected chi connectivity index (χ2v) is 3.49. The number of alkyl halides is 3. The van der Waals surface area contributed by atoms with Crippen molar-refractivity contribution in [2.75, 3.05) is 7.05 Å². The molecule has 0 aliphatic rings. The van der Waals surface area contributed by atoms with Crippen LogP contribution in [-0.4, -0.2) is 7.05 Å². The fourth-order valence-corrected chi connectivity index (χ4v) is 1.49. The Labute approximate surface area is 93.0 Å². The average molecular weight is 229 g/mol. The van der Waals surface area contributed by atoms with E-state index in [1.807, 2.05) is 0 Å². The van der Waals surface area contributed by atoms with Crippen molar-refractivity contribution in [1.29, 1.82) is 0 Å². The lowest BCUT2D eigenvalue weighted by atomic mass is 10.0. The molecule has 1 aromatic carbocycles. The zero-order valence-corrected chi connectivity index (χ0v) is 9.01. The molecule has 1 N–H and O–H groups in total. The van der Waals surface area contributed by atoms with Gasteiger partial charge >= 0.3 is 6.18 Å². The van der Waals surface area contributed by atoms with Crippen molar-refractivity contribution in [1.82, 2.24) is 5.32 Å². The lowest BCUT2D eigenvalue weighted by molar-refractivity contribution is -0.137. The molecule has 0 aliphatic heterocycles. The van der Waals surface area contributed by atoms with Crippen LogP contribution in [0.4, 0.5) is 13.2 Å². The molecule has 0 heterocycles. The Balaban J connectivity index is 2.89.